The summed E-state index contributed by atoms with van der Waals surface area (Å²) in [6, 6.07) is 12.7. The number of para-hydroxylation sites is 1. The largest absolute Gasteiger partial charge is 0.488 e. The molecule has 0 spiro atoms. The molecule has 1 fully saturated rings. The van der Waals surface area contributed by atoms with Crippen molar-refractivity contribution in [3.05, 3.63) is 59.1 Å². The van der Waals surface area contributed by atoms with Gasteiger partial charge < -0.3 is 14.2 Å². The first kappa shape index (κ1) is 20.6. The van der Waals surface area contributed by atoms with E-state index < -0.39 is 16.0 Å². The summed E-state index contributed by atoms with van der Waals surface area (Å²) >= 11 is 5.98. The second kappa shape index (κ2) is 9.38. The van der Waals surface area contributed by atoms with Gasteiger partial charge in [-0.15, -0.1) is 0 Å². The molecule has 1 aliphatic rings. The van der Waals surface area contributed by atoms with Crippen LogP contribution in [0.3, 0.4) is 0 Å². The van der Waals surface area contributed by atoms with Gasteiger partial charge >= 0.3 is 5.97 Å². The van der Waals surface area contributed by atoms with E-state index >= 15 is 0 Å². The third kappa shape index (κ3) is 5.02. The van der Waals surface area contributed by atoms with E-state index in [1.54, 1.807) is 24.3 Å². The SMILES string of the molecule is O=C(OCCOc1ccccc1Cl)c1ccc(S(=O)(=O)N2CCOCC2)cc1. The van der Waals surface area contributed by atoms with Crippen LogP contribution in [-0.4, -0.2) is 58.2 Å². The topological polar surface area (TPSA) is 82.1 Å². The van der Waals surface area contributed by atoms with Gasteiger partial charge in [0.15, 0.2) is 0 Å². The minimum absolute atomic E-state index is 0.0396. The zero-order valence-electron chi connectivity index (χ0n) is 15.0. The van der Waals surface area contributed by atoms with Crippen molar-refractivity contribution in [1.29, 1.82) is 0 Å². The molecule has 150 valence electrons. The number of carbonyl (C=O) groups is 1. The summed E-state index contributed by atoms with van der Waals surface area (Å²) in [5.41, 5.74) is 0.263. The highest BCUT2D eigenvalue weighted by molar-refractivity contribution is 7.89. The summed E-state index contributed by atoms with van der Waals surface area (Å²) in [5.74, 6) is -0.0454. The van der Waals surface area contributed by atoms with Gasteiger partial charge in [-0.1, -0.05) is 23.7 Å². The van der Waals surface area contributed by atoms with Crippen molar-refractivity contribution in [2.24, 2.45) is 0 Å². The van der Waals surface area contributed by atoms with Crippen LogP contribution in [0.4, 0.5) is 0 Å². The molecule has 3 rings (SSSR count). The van der Waals surface area contributed by atoms with Gasteiger partial charge in [-0.25, -0.2) is 13.2 Å². The molecule has 0 unspecified atom stereocenters. The fourth-order valence-electron chi connectivity index (χ4n) is 2.63. The Balaban J connectivity index is 1.53. The summed E-state index contributed by atoms with van der Waals surface area (Å²) in [6.45, 7) is 1.58. The second-order valence-corrected chi connectivity index (χ2v) is 8.30. The number of esters is 1. The molecule has 1 heterocycles. The van der Waals surface area contributed by atoms with Crippen LogP contribution in [0.5, 0.6) is 5.75 Å². The molecule has 0 aliphatic carbocycles. The Kier molecular flexibility index (Phi) is 6.90. The second-order valence-electron chi connectivity index (χ2n) is 5.96. The van der Waals surface area contributed by atoms with E-state index in [4.69, 9.17) is 25.8 Å². The molecule has 9 heteroatoms. The summed E-state index contributed by atoms with van der Waals surface area (Å²) in [4.78, 5) is 12.2. The highest BCUT2D eigenvalue weighted by Crippen LogP contribution is 2.23. The number of hydrogen-bond donors (Lipinski definition) is 0. The van der Waals surface area contributed by atoms with Crippen LogP contribution in [0.15, 0.2) is 53.4 Å². The number of rotatable bonds is 7. The Morgan fingerprint density at radius 2 is 1.71 bits per heavy atom. The number of carbonyl (C=O) groups excluding carboxylic acids is 1. The molecule has 0 amide bonds. The lowest BCUT2D eigenvalue weighted by atomic mass is 10.2. The summed E-state index contributed by atoms with van der Waals surface area (Å²) in [7, 11) is -3.59. The predicted molar refractivity (Wildman–Crippen MR) is 103 cm³/mol. The van der Waals surface area contributed by atoms with Crippen LogP contribution in [0.25, 0.3) is 0 Å². The monoisotopic (exact) mass is 425 g/mol. The minimum Gasteiger partial charge on any atom is -0.488 e. The standard InChI is InChI=1S/C19H20ClNO6S/c20-17-3-1-2-4-18(17)26-13-14-27-19(22)15-5-7-16(8-6-15)28(23,24)21-9-11-25-12-10-21/h1-8H,9-14H2. The van der Waals surface area contributed by atoms with Gasteiger partial charge in [0.05, 0.1) is 28.7 Å². The third-order valence-corrected chi connectivity index (χ3v) is 6.33. The molecule has 2 aromatic carbocycles. The number of nitrogens with zero attached hydrogens (tertiary/aromatic N) is 1. The van der Waals surface area contributed by atoms with Gasteiger partial charge in [-0.2, -0.15) is 4.31 Å². The lowest BCUT2D eigenvalue weighted by molar-refractivity contribution is 0.0450. The van der Waals surface area contributed by atoms with E-state index in [1.165, 1.54) is 28.6 Å². The molecular weight excluding hydrogens is 406 g/mol. The van der Waals surface area contributed by atoms with Crippen molar-refractivity contribution in [1.82, 2.24) is 4.31 Å². The molecule has 7 nitrogen and oxygen atoms in total. The lowest BCUT2D eigenvalue weighted by Gasteiger charge is -2.26. The fourth-order valence-corrected chi connectivity index (χ4v) is 4.23. The molecule has 1 aliphatic heterocycles. The number of halogens is 1. The van der Waals surface area contributed by atoms with Gasteiger partial charge in [0.1, 0.15) is 19.0 Å². The van der Waals surface area contributed by atoms with Crippen molar-refractivity contribution < 1.29 is 27.4 Å². The van der Waals surface area contributed by atoms with E-state index in [0.29, 0.717) is 37.1 Å². The van der Waals surface area contributed by atoms with Gasteiger partial charge in [0, 0.05) is 13.1 Å². The van der Waals surface area contributed by atoms with Gasteiger partial charge in [-0.3, -0.25) is 0 Å². The van der Waals surface area contributed by atoms with Crippen LogP contribution >= 0.6 is 11.6 Å². The molecule has 0 saturated carbocycles. The van der Waals surface area contributed by atoms with E-state index in [2.05, 4.69) is 0 Å². The van der Waals surface area contributed by atoms with Crippen LogP contribution in [-0.2, 0) is 19.5 Å². The predicted octanol–water partition coefficient (Wildman–Crippen LogP) is 2.60. The third-order valence-electron chi connectivity index (χ3n) is 4.11. The van der Waals surface area contributed by atoms with Crippen LogP contribution in [0, 0.1) is 0 Å². The molecule has 28 heavy (non-hydrogen) atoms. The molecule has 0 aromatic heterocycles. The fraction of sp³-hybridized carbons (Fsp3) is 0.316. The lowest BCUT2D eigenvalue weighted by Crippen LogP contribution is -2.40. The van der Waals surface area contributed by atoms with Gasteiger partial charge in [0.2, 0.25) is 10.0 Å². The average molecular weight is 426 g/mol. The van der Waals surface area contributed by atoms with Crippen LogP contribution in [0.1, 0.15) is 10.4 Å². The molecule has 0 bridgehead atoms. The maximum atomic E-state index is 12.6. The smallest absolute Gasteiger partial charge is 0.338 e. The molecular formula is C19H20ClNO6S. The van der Waals surface area contributed by atoms with Crippen molar-refractivity contribution in [2.45, 2.75) is 4.90 Å². The van der Waals surface area contributed by atoms with Crippen LogP contribution < -0.4 is 4.74 Å². The molecule has 0 radical (unpaired) electrons. The normalized spacial score (nSPS) is 15.2. The number of sulfonamides is 1. The summed E-state index contributed by atoms with van der Waals surface area (Å²) in [5, 5.41) is 0.478. The zero-order chi connectivity index (χ0) is 20.0. The van der Waals surface area contributed by atoms with E-state index in [9.17, 15) is 13.2 Å². The first-order valence-corrected chi connectivity index (χ1v) is 10.5. The average Bonchev–Trinajstić information content (AvgIpc) is 2.73. The molecule has 1 saturated heterocycles. The van der Waals surface area contributed by atoms with E-state index in [1.807, 2.05) is 0 Å². The van der Waals surface area contributed by atoms with E-state index in [-0.39, 0.29) is 23.7 Å². The maximum absolute atomic E-state index is 12.6. The highest BCUT2D eigenvalue weighted by Gasteiger charge is 2.26. The van der Waals surface area contributed by atoms with Gasteiger partial charge in [0.25, 0.3) is 0 Å². The quantitative estimate of drug-likeness (QED) is 0.501. The van der Waals surface area contributed by atoms with Crippen molar-refractivity contribution in [2.75, 3.05) is 39.5 Å². The molecule has 0 atom stereocenters. The summed E-state index contributed by atoms with van der Waals surface area (Å²) < 4.78 is 42.3. The first-order chi connectivity index (χ1) is 13.5. The Morgan fingerprint density at radius 1 is 1.04 bits per heavy atom. The summed E-state index contributed by atoms with van der Waals surface area (Å²) in [6.07, 6.45) is 0. The Morgan fingerprint density at radius 3 is 2.39 bits per heavy atom. The zero-order valence-corrected chi connectivity index (χ0v) is 16.6. The number of ether oxygens (including phenoxy) is 3. The number of hydrogen-bond acceptors (Lipinski definition) is 6. The molecule has 2 aromatic rings. The van der Waals surface area contributed by atoms with Crippen molar-refractivity contribution in [3.8, 4) is 5.75 Å². The maximum Gasteiger partial charge on any atom is 0.338 e. The molecule has 0 N–H and O–H groups in total. The van der Waals surface area contributed by atoms with Crippen molar-refractivity contribution >= 4 is 27.6 Å². The van der Waals surface area contributed by atoms with Gasteiger partial charge in [-0.05, 0) is 36.4 Å². The van der Waals surface area contributed by atoms with Crippen molar-refractivity contribution in [3.63, 3.8) is 0 Å². The van der Waals surface area contributed by atoms with E-state index in [0.717, 1.165) is 0 Å². The Bertz CT molecular complexity index is 910. The Labute approximate surface area is 168 Å². The highest BCUT2D eigenvalue weighted by atomic mass is 35.5. The first-order valence-electron chi connectivity index (χ1n) is 8.71. The Hall–Kier alpha value is -2.13. The van der Waals surface area contributed by atoms with Crippen LogP contribution in [0.2, 0.25) is 5.02 Å². The minimum atomic E-state index is -3.59. The number of benzene rings is 2. The number of morpholine rings is 1.